The molecule has 25 heavy (non-hydrogen) atoms. The smallest absolute Gasteiger partial charge is 0.310 e. The van der Waals surface area contributed by atoms with E-state index in [2.05, 4.69) is 20.8 Å². The third kappa shape index (κ3) is 8.73. The van der Waals surface area contributed by atoms with Crippen molar-refractivity contribution >= 4 is 11.9 Å². The molecule has 1 rings (SSSR count). The van der Waals surface area contributed by atoms with Gasteiger partial charge in [-0.25, -0.2) is 0 Å². The summed E-state index contributed by atoms with van der Waals surface area (Å²) in [7, 11) is 0. The Hall–Kier alpha value is -1.06. The summed E-state index contributed by atoms with van der Waals surface area (Å²) in [6.45, 7) is 6.61. The van der Waals surface area contributed by atoms with Gasteiger partial charge in [-0.1, -0.05) is 65.7 Å². The molecule has 1 saturated carbocycles. The van der Waals surface area contributed by atoms with Gasteiger partial charge in [0.25, 0.3) is 0 Å². The molecule has 0 radical (unpaired) electrons. The molecule has 146 valence electrons. The fourth-order valence-electron chi connectivity index (χ4n) is 3.82. The number of ether oxygens (including phenoxy) is 1. The van der Waals surface area contributed by atoms with E-state index in [1.165, 1.54) is 25.7 Å². The van der Waals surface area contributed by atoms with Gasteiger partial charge in [-0.05, 0) is 38.0 Å². The van der Waals surface area contributed by atoms with E-state index >= 15 is 0 Å². The van der Waals surface area contributed by atoms with Crippen molar-refractivity contribution in [3.8, 4) is 0 Å². The van der Waals surface area contributed by atoms with Gasteiger partial charge in [0.2, 0.25) is 0 Å². The van der Waals surface area contributed by atoms with Crippen LogP contribution in [0.15, 0.2) is 0 Å². The highest BCUT2D eigenvalue weighted by molar-refractivity contribution is 5.81. The Morgan fingerprint density at radius 2 is 1.56 bits per heavy atom. The highest BCUT2D eigenvalue weighted by Gasteiger charge is 2.37. The largest absolute Gasteiger partial charge is 0.481 e. The molecule has 1 fully saturated rings. The van der Waals surface area contributed by atoms with Crippen LogP contribution in [-0.4, -0.2) is 23.1 Å². The summed E-state index contributed by atoms with van der Waals surface area (Å²) in [4.78, 5) is 23.9. The molecule has 0 saturated heterocycles. The van der Waals surface area contributed by atoms with Crippen LogP contribution in [0.3, 0.4) is 0 Å². The van der Waals surface area contributed by atoms with Crippen molar-refractivity contribution in [2.75, 3.05) is 0 Å². The number of unbranched alkanes of at least 4 members (excludes halogenated alkanes) is 3. The number of rotatable bonds is 12. The van der Waals surface area contributed by atoms with Crippen molar-refractivity contribution in [1.29, 1.82) is 0 Å². The molecule has 0 spiro atoms. The van der Waals surface area contributed by atoms with E-state index in [0.717, 1.165) is 44.4 Å². The SMILES string of the molecule is CCCC(CCCCCCC(C)C)OC(=O)C1CCCCC1C(=O)O. The van der Waals surface area contributed by atoms with Crippen molar-refractivity contribution in [3.05, 3.63) is 0 Å². The highest BCUT2D eigenvalue weighted by atomic mass is 16.5. The zero-order chi connectivity index (χ0) is 18.7. The molecule has 3 atom stereocenters. The van der Waals surface area contributed by atoms with Crippen LogP contribution in [0.25, 0.3) is 0 Å². The number of aliphatic carboxylic acids is 1. The summed E-state index contributed by atoms with van der Waals surface area (Å²) in [5.74, 6) is -1.35. The molecule has 0 aromatic heterocycles. The van der Waals surface area contributed by atoms with Crippen LogP contribution in [0, 0.1) is 17.8 Å². The molecule has 0 aromatic rings. The van der Waals surface area contributed by atoms with Gasteiger partial charge in [0.05, 0.1) is 11.8 Å². The fraction of sp³-hybridized carbons (Fsp3) is 0.905. The van der Waals surface area contributed by atoms with Crippen LogP contribution in [0.1, 0.15) is 97.8 Å². The van der Waals surface area contributed by atoms with E-state index in [9.17, 15) is 14.7 Å². The Labute approximate surface area is 153 Å². The number of hydrogen-bond acceptors (Lipinski definition) is 3. The van der Waals surface area contributed by atoms with Crippen LogP contribution in [0.4, 0.5) is 0 Å². The Bertz CT molecular complexity index is 391. The predicted molar refractivity (Wildman–Crippen MR) is 100 cm³/mol. The first-order valence-corrected chi connectivity index (χ1v) is 10.4. The van der Waals surface area contributed by atoms with Crippen LogP contribution < -0.4 is 0 Å². The average molecular weight is 355 g/mol. The molecule has 4 nitrogen and oxygen atoms in total. The zero-order valence-electron chi connectivity index (χ0n) is 16.5. The highest BCUT2D eigenvalue weighted by Crippen LogP contribution is 2.32. The number of carbonyl (C=O) groups excluding carboxylic acids is 1. The first kappa shape index (κ1) is 22.0. The maximum Gasteiger partial charge on any atom is 0.310 e. The van der Waals surface area contributed by atoms with Gasteiger partial charge in [-0.2, -0.15) is 0 Å². The third-order valence-electron chi connectivity index (χ3n) is 5.34. The standard InChI is InChI=1S/C21H38O4/c1-4-11-17(13-8-6-5-7-12-16(2)3)25-21(24)19-15-10-9-14-18(19)20(22)23/h16-19H,4-15H2,1-3H3,(H,22,23). The van der Waals surface area contributed by atoms with Crippen molar-refractivity contribution in [3.63, 3.8) is 0 Å². The third-order valence-corrected chi connectivity index (χ3v) is 5.34. The van der Waals surface area contributed by atoms with E-state index in [1.807, 2.05) is 0 Å². The summed E-state index contributed by atoms with van der Waals surface area (Å²) < 4.78 is 5.75. The topological polar surface area (TPSA) is 63.6 Å². The van der Waals surface area contributed by atoms with Gasteiger partial charge in [-0.3, -0.25) is 9.59 Å². The maximum atomic E-state index is 12.5. The lowest BCUT2D eigenvalue weighted by Crippen LogP contribution is -2.35. The maximum absolute atomic E-state index is 12.5. The van der Waals surface area contributed by atoms with Gasteiger partial charge < -0.3 is 9.84 Å². The Morgan fingerprint density at radius 1 is 0.960 bits per heavy atom. The van der Waals surface area contributed by atoms with Gasteiger partial charge in [0, 0.05) is 0 Å². The molecule has 0 heterocycles. The molecule has 0 amide bonds. The normalized spacial score (nSPS) is 21.9. The number of esters is 1. The van der Waals surface area contributed by atoms with E-state index in [-0.39, 0.29) is 12.1 Å². The van der Waals surface area contributed by atoms with Crippen molar-refractivity contribution in [2.24, 2.45) is 17.8 Å². The van der Waals surface area contributed by atoms with Crippen molar-refractivity contribution < 1.29 is 19.4 Å². The second-order valence-corrected chi connectivity index (χ2v) is 8.07. The first-order valence-electron chi connectivity index (χ1n) is 10.4. The minimum absolute atomic E-state index is 0.0426. The molecule has 0 aliphatic heterocycles. The Kier molecular flexibility index (Phi) is 10.8. The molecule has 0 bridgehead atoms. The van der Waals surface area contributed by atoms with E-state index in [0.29, 0.717) is 12.8 Å². The number of carboxylic acid groups (broad SMARTS) is 1. The minimum Gasteiger partial charge on any atom is -0.481 e. The lowest BCUT2D eigenvalue weighted by molar-refractivity contribution is -0.164. The van der Waals surface area contributed by atoms with Gasteiger partial charge in [0.15, 0.2) is 0 Å². The second kappa shape index (κ2) is 12.3. The monoisotopic (exact) mass is 354 g/mol. The Morgan fingerprint density at radius 3 is 2.12 bits per heavy atom. The van der Waals surface area contributed by atoms with Crippen LogP contribution in [-0.2, 0) is 14.3 Å². The lowest BCUT2D eigenvalue weighted by atomic mass is 9.79. The number of carboxylic acids is 1. The fourth-order valence-corrected chi connectivity index (χ4v) is 3.82. The van der Waals surface area contributed by atoms with Crippen LogP contribution >= 0.6 is 0 Å². The Balaban J connectivity index is 2.39. The number of carbonyl (C=O) groups is 2. The van der Waals surface area contributed by atoms with E-state index < -0.39 is 17.8 Å². The van der Waals surface area contributed by atoms with Crippen LogP contribution in [0.5, 0.6) is 0 Å². The molecular formula is C21H38O4. The molecule has 4 heteroatoms. The first-order chi connectivity index (χ1) is 12.0. The summed E-state index contributed by atoms with van der Waals surface area (Å²) in [5, 5.41) is 9.35. The second-order valence-electron chi connectivity index (χ2n) is 8.07. The molecule has 1 N–H and O–H groups in total. The van der Waals surface area contributed by atoms with Crippen molar-refractivity contribution in [2.45, 2.75) is 104 Å². The van der Waals surface area contributed by atoms with Gasteiger partial charge in [-0.15, -0.1) is 0 Å². The molecule has 1 aliphatic rings. The summed E-state index contributed by atoms with van der Waals surface area (Å²) >= 11 is 0. The zero-order valence-corrected chi connectivity index (χ0v) is 16.5. The van der Waals surface area contributed by atoms with Gasteiger partial charge >= 0.3 is 11.9 Å². The molecule has 1 aliphatic carbocycles. The van der Waals surface area contributed by atoms with Crippen LogP contribution in [0.2, 0.25) is 0 Å². The molecular weight excluding hydrogens is 316 g/mol. The van der Waals surface area contributed by atoms with E-state index in [1.54, 1.807) is 0 Å². The van der Waals surface area contributed by atoms with Crippen molar-refractivity contribution in [1.82, 2.24) is 0 Å². The van der Waals surface area contributed by atoms with E-state index in [4.69, 9.17) is 4.74 Å². The minimum atomic E-state index is -0.848. The van der Waals surface area contributed by atoms with Gasteiger partial charge in [0.1, 0.15) is 6.10 Å². The summed E-state index contributed by atoms with van der Waals surface area (Å²) in [6, 6.07) is 0. The number of hydrogen-bond donors (Lipinski definition) is 1. The summed E-state index contributed by atoms with van der Waals surface area (Å²) in [6.07, 6.45) is 11.9. The quantitative estimate of drug-likeness (QED) is 0.367. The lowest BCUT2D eigenvalue weighted by Gasteiger charge is -2.28. The average Bonchev–Trinajstić information content (AvgIpc) is 2.57. The molecule has 3 unspecified atom stereocenters. The molecule has 0 aromatic carbocycles. The predicted octanol–water partition coefficient (Wildman–Crippen LogP) is 5.59. The summed E-state index contributed by atoms with van der Waals surface area (Å²) in [5.41, 5.74) is 0.